The molecule has 0 aliphatic carbocycles. The highest BCUT2D eigenvalue weighted by molar-refractivity contribution is 5.40. The summed E-state index contributed by atoms with van der Waals surface area (Å²) < 4.78 is 5.64. The van der Waals surface area contributed by atoms with Gasteiger partial charge >= 0.3 is 0 Å². The molecule has 1 N–H and O–H groups in total. The second kappa shape index (κ2) is 6.59. The van der Waals surface area contributed by atoms with Gasteiger partial charge in [0.15, 0.2) is 0 Å². The van der Waals surface area contributed by atoms with E-state index in [1.807, 2.05) is 0 Å². The Labute approximate surface area is 122 Å². The fourth-order valence-electron chi connectivity index (χ4n) is 3.37. The minimum Gasteiger partial charge on any atom is -0.493 e. The van der Waals surface area contributed by atoms with Gasteiger partial charge in [0, 0.05) is 38.6 Å². The zero-order chi connectivity index (χ0) is 13.8. The molecule has 2 aliphatic rings. The third kappa shape index (κ3) is 2.99. The molecule has 0 unspecified atom stereocenters. The topological polar surface area (TPSA) is 24.5 Å². The van der Waals surface area contributed by atoms with Crippen molar-refractivity contribution in [2.75, 3.05) is 32.8 Å². The second-order valence-electron chi connectivity index (χ2n) is 5.91. The molecule has 2 aliphatic heterocycles. The maximum Gasteiger partial charge on any atom is 0.122 e. The van der Waals surface area contributed by atoms with Crippen LogP contribution in [0.1, 0.15) is 43.4 Å². The lowest BCUT2D eigenvalue weighted by molar-refractivity contribution is 0.163. The van der Waals surface area contributed by atoms with Crippen LogP contribution in [0.4, 0.5) is 0 Å². The quantitative estimate of drug-likeness (QED) is 0.893. The minimum absolute atomic E-state index is 0.586. The van der Waals surface area contributed by atoms with E-state index in [0.717, 1.165) is 31.9 Å². The van der Waals surface area contributed by atoms with Gasteiger partial charge in [-0.3, -0.25) is 4.90 Å². The summed E-state index contributed by atoms with van der Waals surface area (Å²) >= 11 is 0. The first-order valence-corrected chi connectivity index (χ1v) is 8.09. The molecule has 1 saturated heterocycles. The highest BCUT2D eigenvalue weighted by atomic mass is 16.5. The number of unbranched alkanes of at least 4 members (excludes halogenated alkanes) is 1. The van der Waals surface area contributed by atoms with Gasteiger partial charge in [0.25, 0.3) is 0 Å². The van der Waals surface area contributed by atoms with Crippen molar-refractivity contribution < 1.29 is 4.74 Å². The Balaban J connectivity index is 1.80. The van der Waals surface area contributed by atoms with Crippen molar-refractivity contribution in [3.05, 3.63) is 29.3 Å². The van der Waals surface area contributed by atoms with Crippen LogP contribution in [0, 0.1) is 0 Å². The van der Waals surface area contributed by atoms with Crippen molar-refractivity contribution in [3.8, 4) is 5.75 Å². The summed E-state index contributed by atoms with van der Waals surface area (Å²) in [5, 5.41) is 3.46. The van der Waals surface area contributed by atoms with Crippen LogP contribution in [0.2, 0.25) is 0 Å². The van der Waals surface area contributed by atoms with Gasteiger partial charge in [-0.2, -0.15) is 0 Å². The number of ether oxygens (including phenoxy) is 1. The lowest BCUT2D eigenvalue weighted by atomic mass is 9.96. The first-order chi connectivity index (χ1) is 9.88. The molecule has 2 heterocycles. The Hall–Kier alpha value is -1.06. The van der Waals surface area contributed by atoms with Crippen LogP contribution in [0.5, 0.6) is 5.75 Å². The summed E-state index contributed by atoms with van der Waals surface area (Å²) in [5.41, 5.74) is 2.89. The molecule has 0 bridgehead atoms. The largest absolute Gasteiger partial charge is 0.493 e. The van der Waals surface area contributed by atoms with Crippen LogP contribution in [0.3, 0.4) is 0 Å². The van der Waals surface area contributed by atoms with E-state index >= 15 is 0 Å². The Morgan fingerprint density at radius 1 is 1.30 bits per heavy atom. The lowest BCUT2D eigenvalue weighted by Crippen LogP contribution is -2.45. The fourth-order valence-corrected chi connectivity index (χ4v) is 3.37. The molecule has 20 heavy (non-hydrogen) atoms. The second-order valence-corrected chi connectivity index (χ2v) is 5.91. The zero-order valence-corrected chi connectivity index (χ0v) is 12.5. The number of nitrogens with one attached hydrogen (secondary N) is 1. The van der Waals surface area contributed by atoms with Crippen LogP contribution in [-0.4, -0.2) is 37.7 Å². The predicted octanol–water partition coefficient (Wildman–Crippen LogP) is 2.76. The van der Waals surface area contributed by atoms with Crippen LogP contribution < -0.4 is 10.1 Å². The van der Waals surface area contributed by atoms with E-state index in [9.17, 15) is 0 Å². The summed E-state index contributed by atoms with van der Waals surface area (Å²) in [4.78, 5) is 2.66. The Morgan fingerprint density at radius 2 is 2.15 bits per heavy atom. The Morgan fingerprint density at radius 3 is 2.95 bits per heavy atom. The highest BCUT2D eigenvalue weighted by Gasteiger charge is 2.23. The fraction of sp³-hybridized carbons (Fsp3) is 0.647. The van der Waals surface area contributed by atoms with Gasteiger partial charge in [0.05, 0.1) is 6.61 Å². The molecule has 3 rings (SSSR count). The van der Waals surface area contributed by atoms with Crippen molar-refractivity contribution in [2.45, 2.75) is 38.6 Å². The maximum absolute atomic E-state index is 5.64. The summed E-state index contributed by atoms with van der Waals surface area (Å²) in [6, 6.07) is 7.44. The molecule has 0 saturated carbocycles. The zero-order valence-electron chi connectivity index (χ0n) is 12.5. The Kier molecular flexibility index (Phi) is 4.58. The monoisotopic (exact) mass is 274 g/mol. The van der Waals surface area contributed by atoms with Crippen molar-refractivity contribution in [1.82, 2.24) is 10.2 Å². The van der Waals surface area contributed by atoms with E-state index in [2.05, 4.69) is 35.3 Å². The third-order valence-corrected chi connectivity index (χ3v) is 4.52. The molecule has 1 aromatic rings. The summed E-state index contributed by atoms with van der Waals surface area (Å²) in [7, 11) is 0. The SMILES string of the molecule is CCCC[C@@H](c1ccc2c(c1)CCO2)N1CCNCC1. The smallest absolute Gasteiger partial charge is 0.122 e. The number of benzene rings is 1. The van der Waals surface area contributed by atoms with Crippen LogP contribution >= 0.6 is 0 Å². The van der Waals surface area contributed by atoms with Gasteiger partial charge in [-0.1, -0.05) is 31.9 Å². The van der Waals surface area contributed by atoms with E-state index in [4.69, 9.17) is 4.74 Å². The molecular weight excluding hydrogens is 248 g/mol. The van der Waals surface area contributed by atoms with E-state index in [1.165, 1.54) is 43.5 Å². The van der Waals surface area contributed by atoms with Crippen molar-refractivity contribution in [2.24, 2.45) is 0 Å². The molecule has 1 atom stereocenters. The van der Waals surface area contributed by atoms with Crippen molar-refractivity contribution >= 4 is 0 Å². The van der Waals surface area contributed by atoms with Gasteiger partial charge in [-0.25, -0.2) is 0 Å². The van der Waals surface area contributed by atoms with E-state index in [1.54, 1.807) is 0 Å². The molecular formula is C17H26N2O. The van der Waals surface area contributed by atoms with Gasteiger partial charge in [0.2, 0.25) is 0 Å². The number of piperazine rings is 1. The first kappa shape index (κ1) is 13.9. The van der Waals surface area contributed by atoms with E-state index in [0.29, 0.717) is 6.04 Å². The van der Waals surface area contributed by atoms with Crippen LogP contribution in [-0.2, 0) is 6.42 Å². The van der Waals surface area contributed by atoms with Crippen LogP contribution in [0.25, 0.3) is 0 Å². The highest BCUT2D eigenvalue weighted by Crippen LogP contribution is 2.32. The first-order valence-electron chi connectivity index (χ1n) is 8.09. The van der Waals surface area contributed by atoms with Crippen molar-refractivity contribution in [1.29, 1.82) is 0 Å². The summed E-state index contributed by atoms with van der Waals surface area (Å²) in [5.74, 6) is 1.10. The number of nitrogens with zero attached hydrogens (tertiary/aromatic N) is 1. The average molecular weight is 274 g/mol. The summed E-state index contributed by atoms with van der Waals surface area (Å²) in [6.07, 6.45) is 4.93. The minimum atomic E-state index is 0.586. The molecule has 1 aromatic carbocycles. The molecule has 3 nitrogen and oxygen atoms in total. The molecule has 0 spiro atoms. The molecule has 110 valence electrons. The number of rotatable bonds is 5. The van der Waals surface area contributed by atoms with Gasteiger partial charge < -0.3 is 10.1 Å². The van der Waals surface area contributed by atoms with E-state index in [-0.39, 0.29) is 0 Å². The van der Waals surface area contributed by atoms with Gasteiger partial charge in [0.1, 0.15) is 5.75 Å². The van der Waals surface area contributed by atoms with Crippen LogP contribution in [0.15, 0.2) is 18.2 Å². The molecule has 0 radical (unpaired) electrons. The molecule has 1 fully saturated rings. The number of hydrogen-bond acceptors (Lipinski definition) is 3. The number of fused-ring (bicyclic) bond motifs is 1. The average Bonchev–Trinajstić information content (AvgIpc) is 2.96. The third-order valence-electron chi connectivity index (χ3n) is 4.52. The summed E-state index contributed by atoms with van der Waals surface area (Å²) in [6.45, 7) is 7.72. The van der Waals surface area contributed by atoms with Gasteiger partial charge in [-0.15, -0.1) is 0 Å². The standard InChI is InChI=1S/C17H26N2O/c1-2-3-4-16(19-10-8-18-9-11-19)14-5-6-17-15(13-14)7-12-20-17/h5-6,13,16,18H,2-4,7-12H2,1H3/t16-/m0/s1. The molecule has 0 aromatic heterocycles. The molecule has 0 amide bonds. The van der Waals surface area contributed by atoms with E-state index < -0.39 is 0 Å². The van der Waals surface area contributed by atoms with Gasteiger partial charge in [-0.05, 0) is 23.6 Å². The number of hydrogen-bond donors (Lipinski definition) is 1. The normalized spacial score (nSPS) is 20.4. The maximum atomic E-state index is 5.64. The molecule has 3 heteroatoms. The predicted molar refractivity (Wildman–Crippen MR) is 82.3 cm³/mol. The lowest BCUT2D eigenvalue weighted by Gasteiger charge is -2.35. The Bertz CT molecular complexity index is 441. The van der Waals surface area contributed by atoms with Crippen molar-refractivity contribution in [3.63, 3.8) is 0 Å².